The van der Waals surface area contributed by atoms with E-state index in [0.717, 1.165) is 44.1 Å². The van der Waals surface area contributed by atoms with E-state index in [-0.39, 0.29) is 61.1 Å². The van der Waals surface area contributed by atoms with Gasteiger partial charge in [0, 0.05) is 12.1 Å². The van der Waals surface area contributed by atoms with Crippen molar-refractivity contribution in [3.8, 4) is 5.75 Å². The molecule has 1 aromatic rings. The summed E-state index contributed by atoms with van der Waals surface area (Å²) in [6.07, 6.45) is 5.31. The molecule has 2 saturated heterocycles. The van der Waals surface area contributed by atoms with Crippen molar-refractivity contribution in [2.24, 2.45) is 0 Å². The molecule has 2 amide bonds. The van der Waals surface area contributed by atoms with E-state index >= 15 is 0 Å². The summed E-state index contributed by atoms with van der Waals surface area (Å²) in [7, 11) is 0. The molecular weight excluding hydrogens is 415 g/mol. The van der Waals surface area contributed by atoms with Gasteiger partial charge < -0.3 is 24.4 Å². The molecule has 2 unspecified atom stereocenters. The molecule has 6 rings (SSSR count). The zero-order chi connectivity index (χ0) is 22.1. The average Bonchev–Trinajstić information content (AvgIpc) is 2.79. The number of hydrogen-bond donors (Lipinski definition) is 1. The number of benzene rings is 1. The molecule has 1 aromatic carbocycles. The number of para-hydroxylation sites is 1. The first kappa shape index (κ1) is 21.6. The zero-order valence-corrected chi connectivity index (χ0v) is 18.3. The molecule has 174 valence electrons. The third-order valence-electron chi connectivity index (χ3n) is 7.50. The number of hydrogen-bond acceptors (Lipinski definition) is 5. The van der Waals surface area contributed by atoms with Gasteiger partial charge in [0.05, 0.1) is 43.9 Å². The van der Waals surface area contributed by atoms with Crippen LogP contribution in [0.3, 0.4) is 0 Å². The van der Waals surface area contributed by atoms with Crippen LogP contribution >= 0.6 is 0 Å². The molecule has 1 saturated carbocycles. The van der Waals surface area contributed by atoms with Crippen LogP contribution in [0.2, 0.25) is 0 Å². The van der Waals surface area contributed by atoms with E-state index in [1.807, 2.05) is 11.0 Å². The largest absolute Gasteiger partial charge is 0.490 e. The number of carbonyl (C=O) groups is 2. The van der Waals surface area contributed by atoms with Gasteiger partial charge in [-0.1, -0.05) is 12.1 Å². The van der Waals surface area contributed by atoms with E-state index in [9.17, 15) is 14.0 Å². The number of fused-ring (bicyclic) bond motifs is 6. The van der Waals surface area contributed by atoms with E-state index in [0.29, 0.717) is 19.8 Å². The number of ether oxygens (including phenoxy) is 3. The van der Waals surface area contributed by atoms with E-state index < -0.39 is 5.54 Å². The third kappa shape index (κ3) is 4.10. The lowest BCUT2D eigenvalue weighted by molar-refractivity contribution is -0.155. The summed E-state index contributed by atoms with van der Waals surface area (Å²) in [6.45, 7) is 1.51. The Morgan fingerprint density at radius 2 is 2.00 bits per heavy atom. The van der Waals surface area contributed by atoms with Gasteiger partial charge in [-0.2, -0.15) is 0 Å². The van der Waals surface area contributed by atoms with Crippen molar-refractivity contribution in [2.45, 2.75) is 68.5 Å². The lowest BCUT2D eigenvalue weighted by Gasteiger charge is -2.51. The summed E-state index contributed by atoms with van der Waals surface area (Å²) in [5.41, 5.74) is 0.265. The SMILES string of the molecule is O=C1COCC2(CCCN3C(=O)CCOc4c(F)cccc4[C@H]4CC[C@H](CC4)OCC32)N1. The fraction of sp³-hybridized carbons (Fsp3) is 0.667. The molecule has 1 N–H and O–H groups in total. The molecule has 5 aliphatic rings. The predicted molar refractivity (Wildman–Crippen MR) is 114 cm³/mol. The number of halogens is 1. The number of amides is 2. The Morgan fingerprint density at radius 1 is 1.16 bits per heavy atom. The van der Waals surface area contributed by atoms with Crippen molar-refractivity contribution < 1.29 is 28.2 Å². The van der Waals surface area contributed by atoms with Crippen LogP contribution in [0.25, 0.3) is 0 Å². The monoisotopic (exact) mass is 446 g/mol. The molecule has 32 heavy (non-hydrogen) atoms. The minimum Gasteiger partial charge on any atom is -0.490 e. The number of carbonyl (C=O) groups excluding carboxylic acids is 2. The number of rotatable bonds is 0. The molecule has 0 radical (unpaired) electrons. The topological polar surface area (TPSA) is 77.1 Å². The van der Waals surface area contributed by atoms with Crippen LogP contribution in [0.5, 0.6) is 5.75 Å². The van der Waals surface area contributed by atoms with Crippen LogP contribution in [0.4, 0.5) is 4.39 Å². The summed E-state index contributed by atoms with van der Waals surface area (Å²) < 4.78 is 32.4. The molecule has 0 aromatic heterocycles. The van der Waals surface area contributed by atoms with Gasteiger partial charge in [0.1, 0.15) is 6.61 Å². The fourth-order valence-corrected chi connectivity index (χ4v) is 5.87. The lowest BCUT2D eigenvalue weighted by atomic mass is 9.80. The van der Waals surface area contributed by atoms with Crippen molar-refractivity contribution in [2.75, 3.05) is 33.0 Å². The lowest BCUT2D eigenvalue weighted by Crippen LogP contribution is -2.72. The van der Waals surface area contributed by atoms with Crippen LogP contribution in [0.15, 0.2) is 18.2 Å². The van der Waals surface area contributed by atoms with Crippen LogP contribution in [0.1, 0.15) is 56.4 Å². The number of morpholine rings is 1. The van der Waals surface area contributed by atoms with Crippen LogP contribution < -0.4 is 10.1 Å². The molecular formula is C24H31FN2O5. The number of piperidine rings is 1. The van der Waals surface area contributed by atoms with E-state index in [1.54, 1.807) is 6.07 Å². The van der Waals surface area contributed by atoms with Crippen LogP contribution in [-0.4, -0.2) is 67.4 Å². The third-order valence-corrected chi connectivity index (χ3v) is 7.50. The molecule has 4 aliphatic heterocycles. The Labute approximate surface area is 187 Å². The molecule has 1 spiro atoms. The minimum absolute atomic E-state index is 0.0477. The van der Waals surface area contributed by atoms with Gasteiger partial charge in [0.15, 0.2) is 11.6 Å². The van der Waals surface area contributed by atoms with Gasteiger partial charge in [-0.15, -0.1) is 0 Å². The van der Waals surface area contributed by atoms with Crippen molar-refractivity contribution in [1.82, 2.24) is 10.2 Å². The quantitative estimate of drug-likeness (QED) is 0.663. The Bertz CT molecular complexity index is 868. The summed E-state index contributed by atoms with van der Waals surface area (Å²) >= 11 is 0. The second kappa shape index (κ2) is 8.98. The standard InChI is InChI=1S/C24H31FN2O5/c25-19-4-1-3-18-16-5-7-17(8-6-16)32-13-20-24(15-30-14-21(28)26-24)10-2-11-27(20)22(29)9-12-31-23(18)19/h1,3-4,16-17,20H,2,5-15H2,(H,26,28)/t16-,17+,20?,24?. The summed E-state index contributed by atoms with van der Waals surface area (Å²) in [5.74, 6) is -0.0974. The first-order valence-electron chi connectivity index (χ1n) is 11.8. The number of nitrogens with zero attached hydrogens (tertiary/aromatic N) is 1. The molecule has 1 aliphatic carbocycles. The molecule has 3 fully saturated rings. The highest BCUT2D eigenvalue weighted by atomic mass is 19.1. The van der Waals surface area contributed by atoms with Crippen molar-refractivity contribution >= 4 is 11.8 Å². The highest BCUT2D eigenvalue weighted by Crippen LogP contribution is 2.40. The van der Waals surface area contributed by atoms with Gasteiger partial charge in [0.25, 0.3) is 0 Å². The van der Waals surface area contributed by atoms with E-state index in [4.69, 9.17) is 14.2 Å². The molecule has 2 bridgehead atoms. The van der Waals surface area contributed by atoms with Gasteiger partial charge >= 0.3 is 0 Å². The Hall–Kier alpha value is -2.19. The first-order chi connectivity index (χ1) is 15.6. The summed E-state index contributed by atoms with van der Waals surface area (Å²) in [4.78, 5) is 27.2. The Morgan fingerprint density at radius 3 is 2.81 bits per heavy atom. The van der Waals surface area contributed by atoms with Crippen LogP contribution in [0, 0.1) is 5.82 Å². The molecule has 8 heteroatoms. The molecule has 4 heterocycles. The Kier molecular flexibility index (Phi) is 6.07. The maximum absolute atomic E-state index is 14.6. The Balaban J connectivity index is 1.43. The van der Waals surface area contributed by atoms with Crippen molar-refractivity contribution in [3.63, 3.8) is 0 Å². The smallest absolute Gasteiger partial charge is 0.246 e. The maximum Gasteiger partial charge on any atom is 0.246 e. The fourth-order valence-electron chi connectivity index (χ4n) is 5.87. The minimum atomic E-state index is -0.628. The number of nitrogens with one attached hydrogen (secondary N) is 1. The van der Waals surface area contributed by atoms with Gasteiger partial charge in [0.2, 0.25) is 11.8 Å². The molecule has 7 nitrogen and oxygen atoms in total. The first-order valence-corrected chi connectivity index (χ1v) is 11.8. The summed E-state index contributed by atoms with van der Waals surface area (Å²) in [6, 6.07) is 4.79. The van der Waals surface area contributed by atoms with E-state index in [1.165, 1.54) is 6.07 Å². The highest BCUT2D eigenvalue weighted by molar-refractivity contribution is 5.80. The molecule has 2 atom stereocenters. The second-order valence-electron chi connectivity index (χ2n) is 9.47. The van der Waals surface area contributed by atoms with Gasteiger partial charge in [-0.3, -0.25) is 9.59 Å². The van der Waals surface area contributed by atoms with Crippen LogP contribution in [-0.2, 0) is 19.1 Å². The van der Waals surface area contributed by atoms with Gasteiger partial charge in [-0.25, -0.2) is 4.39 Å². The highest BCUT2D eigenvalue weighted by Gasteiger charge is 2.49. The maximum atomic E-state index is 14.6. The van der Waals surface area contributed by atoms with Gasteiger partial charge in [-0.05, 0) is 50.5 Å². The predicted octanol–water partition coefficient (Wildman–Crippen LogP) is 2.53. The van der Waals surface area contributed by atoms with Crippen molar-refractivity contribution in [3.05, 3.63) is 29.6 Å². The zero-order valence-electron chi connectivity index (χ0n) is 18.3. The van der Waals surface area contributed by atoms with Crippen molar-refractivity contribution in [1.29, 1.82) is 0 Å². The average molecular weight is 447 g/mol. The second-order valence-corrected chi connectivity index (χ2v) is 9.47. The normalized spacial score (nSPS) is 33.7. The summed E-state index contributed by atoms with van der Waals surface area (Å²) in [5, 5.41) is 3.13. The van der Waals surface area contributed by atoms with E-state index in [2.05, 4.69) is 5.32 Å².